The van der Waals surface area contributed by atoms with Crippen LogP contribution in [0.2, 0.25) is 5.02 Å². The molecule has 98 valence electrons. The summed E-state index contributed by atoms with van der Waals surface area (Å²) in [6, 6.07) is 7.35. The fourth-order valence-electron chi connectivity index (χ4n) is 1.80. The molecule has 0 N–H and O–H groups in total. The lowest BCUT2D eigenvalue weighted by Crippen LogP contribution is -2.14. The number of ketones is 1. The summed E-state index contributed by atoms with van der Waals surface area (Å²) >= 11 is 12.8. The van der Waals surface area contributed by atoms with E-state index in [1.807, 2.05) is 26.0 Å². The third-order valence-corrected chi connectivity index (χ3v) is 4.40. The first-order chi connectivity index (χ1) is 9.02. The van der Waals surface area contributed by atoms with Gasteiger partial charge in [-0.05, 0) is 55.3 Å². The third kappa shape index (κ3) is 3.11. The Hall–Kier alpha value is -1.03. The van der Waals surface area contributed by atoms with Crippen molar-refractivity contribution in [3.63, 3.8) is 0 Å². The zero-order chi connectivity index (χ0) is 14.0. The van der Waals surface area contributed by atoms with Crippen molar-refractivity contribution in [3.8, 4) is 0 Å². The van der Waals surface area contributed by atoms with Crippen LogP contribution in [0, 0.1) is 0 Å². The Bertz CT molecular complexity index is 615. The highest BCUT2D eigenvalue weighted by Gasteiger charge is 2.22. The number of allylic oxidation sites excluding steroid dienone is 4. The Morgan fingerprint density at radius 3 is 2.37 bits per heavy atom. The molecule has 0 heterocycles. The zero-order valence-electron chi connectivity index (χ0n) is 10.4. The van der Waals surface area contributed by atoms with Gasteiger partial charge in [0.25, 0.3) is 0 Å². The summed E-state index contributed by atoms with van der Waals surface area (Å²) in [5, 5.41) is 0.670. The molecule has 1 aromatic rings. The molecule has 0 radical (unpaired) electrons. The number of carbonyl (C=O) groups is 1. The van der Waals surface area contributed by atoms with E-state index in [2.05, 4.69) is 4.51 Å². The van der Waals surface area contributed by atoms with E-state index in [1.54, 1.807) is 18.2 Å². The normalized spacial score (nSPS) is 18.0. The number of hydrogen-bond acceptors (Lipinski definition) is 3. The van der Waals surface area contributed by atoms with E-state index in [4.69, 9.17) is 23.4 Å². The molecular formula is C14H11Cl2NOS. The summed E-state index contributed by atoms with van der Waals surface area (Å²) in [5.74, 6) is -0.0148. The summed E-state index contributed by atoms with van der Waals surface area (Å²) < 4.78 is 3.73. The number of halogens is 2. The topological polar surface area (TPSA) is 29.4 Å². The van der Waals surface area contributed by atoms with Gasteiger partial charge in [-0.3, -0.25) is 4.79 Å². The Morgan fingerprint density at radius 2 is 1.79 bits per heavy atom. The Balaban J connectivity index is 2.36. The largest absolute Gasteiger partial charge is 0.289 e. The molecule has 1 aromatic carbocycles. The van der Waals surface area contributed by atoms with Gasteiger partial charge in [-0.1, -0.05) is 23.4 Å². The number of hydrogen-bond donors (Lipinski definition) is 0. The van der Waals surface area contributed by atoms with Gasteiger partial charge in [0.2, 0.25) is 0 Å². The molecule has 0 saturated carbocycles. The van der Waals surface area contributed by atoms with Crippen LogP contribution in [0.3, 0.4) is 0 Å². The third-order valence-electron chi connectivity index (χ3n) is 2.76. The van der Waals surface area contributed by atoms with E-state index >= 15 is 0 Å². The fraction of sp³-hybridized carbons (Fsp3) is 0.143. The predicted octanol–water partition coefficient (Wildman–Crippen LogP) is 4.83. The minimum Gasteiger partial charge on any atom is -0.289 e. The van der Waals surface area contributed by atoms with Gasteiger partial charge in [-0.2, -0.15) is 4.51 Å². The lowest BCUT2D eigenvalue weighted by molar-refractivity contribution is -0.110. The summed E-state index contributed by atoms with van der Waals surface area (Å²) in [6.07, 6.45) is 1.56. The molecule has 0 amide bonds. The van der Waals surface area contributed by atoms with Gasteiger partial charge in [0.1, 0.15) is 0 Å². The molecule has 1 aliphatic rings. The van der Waals surface area contributed by atoms with Crippen molar-refractivity contribution >= 4 is 46.6 Å². The first-order valence-corrected chi connectivity index (χ1v) is 7.13. The van der Waals surface area contributed by atoms with E-state index in [0.717, 1.165) is 16.0 Å². The lowest BCUT2D eigenvalue weighted by Gasteiger charge is -2.16. The monoisotopic (exact) mass is 311 g/mol. The maximum atomic E-state index is 12.1. The molecule has 0 aromatic heterocycles. The molecule has 2 rings (SSSR count). The standard InChI is InChI=1S/C14H11Cl2NOS/c1-8-7-12(18)14(9(2)13(8)17-16)19-11-5-3-10(15)4-6-11/h3-7H,1-2H3. The van der Waals surface area contributed by atoms with Crippen molar-refractivity contribution in [2.75, 3.05) is 0 Å². The van der Waals surface area contributed by atoms with E-state index in [9.17, 15) is 4.79 Å². The van der Waals surface area contributed by atoms with Crippen LogP contribution < -0.4 is 0 Å². The second-order valence-corrected chi connectivity index (χ2v) is 5.82. The number of rotatable bonds is 2. The van der Waals surface area contributed by atoms with Crippen LogP contribution in [0.1, 0.15) is 13.8 Å². The Labute approximate surface area is 126 Å². The van der Waals surface area contributed by atoms with Gasteiger partial charge < -0.3 is 0 Å². The van der Waals surface area contributed by atoms with E-state index in [0.29, 0.717) is 15.6 Å². The molecule has 0 aliphatic heterocycles. The van der Waals surface area contributed by atoms with Crippen LogP contribution in [0.4, 0.5) is 0 Å². The van der Waals surface area contributed by atoms with Gasteiger partial charge in [-0.15, -0.1) is 0 Å². The van der Waals surface area contributed by atoms with Gasteiger partial charge in [0.15, 0.2) is 5.78 Å². The van der Waals surface area contributed by atoms with Crippen molar-refractivity contribution in [1.82, 2.24) is 0 Å². The Morgan fingerprint density at radius 1 is 1.16 bits per heavy atom. The highest BCUT2D eigenvalue weighted by Crippen LogP contribution is 2.34. The van der Waals surface area contributed by atoms with Crippen molar-refractivity contribution in [3.05, 3.63) is 51.4 Å². The minimum atomic E-state index is -0.0148. The summed E-state index contributed by atoms with van der Waals surface area (Å²) in [6.45, 7) is 3.68. The second-order valence-electron chi connectivity index (χ2n) is 4.13. The van der Waals surface area contributed by atoms with Gasteiger partial charge in [0, 0.05) is 21.7 Å². The summed E-state index contributed by atoms with van der Waals surface area (Å²) in [7, 11) is 0. The van der Waals surface area contributed by atoms with Crippen LogP contribution in [0.5, 0.6) is 0 Å². The predicted molar refractivity (Wildman–Crippen MR) is 82.1 cm³/mol. The molecule has 1 aliphatic carbocycles. The molecule has 2 nitrogen and oxygen atoms in total. The first kappa shape index (κ1) is 14.4. The van der Waals surface area contributed by atoms with Crippen LogP contribution >= 0.6 is 35.1 Å². The van der Waals surface area contributed by atoms with Crippen molar-refractivity contribution in [2.45, 2.75) is 18.7 Å². The minimum absolute atomic E-state index is 0.0148. The van der Waals surface area contributed by atoms with Crippen LogP contribution in [0.25, 0.3) is 0 Å². The molecule has 0 spiro atoms. The van der Waals surface area contributed by atoms with Crippen molar-refractivity contribution in [2.24, 2.45) is 4.51 Å². The van der Waals surface area contributed by atoms with E-state index in [1.165, 1.54) is 11.8 Å². The number of carbonyl (C=O) groups excluding carboxylic acids is 1. The molecule has 5 heteroatoms. The number of nitrogens with zero attached hydrogens (tertiary/aromatic N) is 1. The van der Waals surface area contributed by atoms with E-state index in [-0.39, 0.29) is 5.78 Å². The average molecular weight is 312 g/mol. The van der Waals surface area contributed by atoms with Crippen LogP contribution in [-0.4, -0.2) is 11.5 Å². The highest BCUT2D eigenvalue weighted by atomic mass is 35.5. The summed E-state index contributed by atoms with van der Waals surface area (Å²) in [5.41, 5.74) is 2.26. The first-order valence-electron chi connectivity index (χ1n) is 5.59. The molecule has 0 atom stereocenters. The zero-order valence-corrected chi connectivity index (χ0v) is 12.7. The van der Waals surface area contributed by atoms with Crippen LogP contribution in [-0.2, 0) is 4.79 Å². The molecule has 19 heavy (non-hydrogen) atoms. The number of thioether (sulfide) groups is 1. The molecule has 0 saturated heterocycles. The smallest absolute Gasteiger partial charge is 0.193 e. The highest BCUT2D eigenvalue weighted by molar-refractivity contribution is 8.04. The SMILES string of the molecule is CC1=CC(=O)C(Sc2ccc(Cl)cc2)=C(C)C1=NCl. The molecular weight excluding hydrogens is 301 g/mol. The summed E-state index contributed by atoms with van der Waals surface area (Å²) in [4.78, 5) is 13.7. The molecule has 0 bridgehead atoms. The molecule has 0 unspecified atom stereocenters. The fourth-order valence-corrected chi connectivity index (χ4v) is 3.10. The maximum absolute atomic E-state index is 12.1. The van der Waals surface area contributed by atoms with Crippen molar-refractivity contribution < 1.29 is 4.79 Å². The maximum Gasteiger partial charge on any atom is 0.193 e. The second kappa shape index (κ2) is 5.95. The average Bonchev–Trinajstić information content (AvgIpc) is 2.37. The van der Waals surface area contributed by atoms with Gasteiger partial charge >= 0.3 is 0 Å². The quantitative estimate of drug-likeness (QED) is 0.732. The Kier molecular flexibility index (Phi) is 4.50. The van der Waals surface area contributed by atoms with Crippen molar-refractivity contribution in [1.29, 1.82) is 0 Å². The molecule has 0 fully saturated rings. The lowest BCUT2D eigenvalue weighted by atomic mass is 9.97. The van der Waals surface area contributed by atoms with Crippen LogP contribution in [0.15, 0.2) is 55.8 Å². The van der Waals surface area contributed by atoms with Gasteiger partial charge in [-0.25, -0.2) is 0 Å². The van der Waals surface area contributed by atoms with Gasteiger partial charge in [0.05, 0.1) is 10.6 Å². The number of benzene rings is 1. The van der Waals surface area contributed by atoms with E-state index < -0.39 is 0 Å².